The molecule has 0 bridgehead atoms. The second-order valence-electron chi connectivity index (χ2n) is 11.2. The average molecular weight is 547 g/mol. The minimum Gasteiger partial charge on any atom is -0.0622 e. The van der Waals surface area contributed by atoms with E-state index in [1.165, 1.54) is 77.9 Å². The fourth-order valence-electron chi connectivity index (χ4n) is 6.90. The zero-order chi connectivity index (χ0) is 28.6. The number of fused-ring (bicyclic) bond motifs is 5. The lowest BCUT2D eigenvalue weighted by atomic mass is 9.74. The molecule has 0 atom stereocenters. The Morgan fingerprint density at radius 1 is 0.233 bits per heavy atom. The molecule has 0 saturated heterocycles. The van der Waals surface area contributed by atoms with Crippen LogP contribution in [0, 0.1) is 0 Å². The molecule has 7 aromatic rings. The van der Waals surface area contributed by atoms with Gasteiger partial charge in [0.25, 0.3) is 0 Å². The van der Waals surface area contributed by atoms with Crippen molar-refractivity contribution in [1.29, 1.82) is 0 Å². The maximum absolute atomic E-state index is 2.33. The van der Waals surface area contributed by atoms with Gasteiger partial charge < -0.3 is 0 Å². The van der Waals surface area contributed by atoms with Crippen molar-refractivity contribution in [3.8, 4) is 66.8 Å². The molecule has 0 saturated carbocycles. The largest absolute Gasteiger partial charge is 0.0622 e. The van der Waals surface area contributed by atoms with E-state index in [4.69, 9.17) is 0 Å². The molecule has 1 aliphatic rings. The quantitative estimate of drug-likeness (QED) is 0.206. The third-order valence-corrected chi connectivity index (χ3v) is 8.70. The first-order valence-corrected chi connectivity index (χ1v) is 15.0. The molecule has 202 valence electrons. The summed E-state index contributed by atoms with van der Waals surface area (Å²) in [6.45, 7) is 0. The summed E-state index contributed by atoms with van der Waals surface area (Å²) >= 11 is 0. The molecular formula is C43H30. The molecule has 0 spiro atoms. The highest BCUT2D eigenvalue weighted by molar-refractivity contribution is 6.16. The maximum Gasteiger partial charge on any atom is -0.00109 e. The molecule has 0 aromatic heterocycles. The Morgan fingerprint density at radius 2 is 0.488 bits per heavy atom. The van der Waals surface area contributed by atoms with Gasteiger partial charge in [-0.3, -0.25) is 0 Å². The van der Waals surface area contributed by atoms with Gasteiger partial charge in [-0.05, 0) is 84.3 Å². The lowest BCUT2D eigenvalue weighted by Crippen LogP contribution is -2.02. The van der Waals surface area contributed by atoms with Gasteiger partial charge >= 0.3 is 0 Å². The van der Waals surface area contributed by atoms with Crippen LogP contribution < -0.4 is 0 Å². The topological polar surface area (TPSA) is 0 Å². The summed E-state index contributed by atoms with van der Waals surface area (Å²) in [6.07, 6.45) is 0.894. The highest BCUT2D eigenvalue weighted by Gasteiger charge is 2.31. The Kier molecular flexibility index (Phi) is 6.31. The molecular weight excluding hydrogens is 516 g/mol. The Balaban J connectivity index is 1.71. The van der Waals surface area contributed by atoms with E-state index in [0.29, 0.717) is 0 Å². The molecule has 0 radical (unpaired) electrons. The van der Waals surface area contributed by atoms with Crippen molar-refractivity contribution in [3.05, 3.63) is 181 Å². The van der Waals surface area contributed by atoms with Gasteiger partial charge in [0.2, 0.25) is 0 Å². The first-order chi connectivity index (χ1) is 21.4. The zero-order valence-electron chi connectivity index (χ0n) is 23.9. The molecule has 0 N–H and O–H groups in total. The van der Waals surface area contributed by atoms with Crippen LogP contribution in [0.3, 0.4) is 0 Å². The summed E-state index contributed by atoms with van der Waals surface area (Å²) in [5.74, 6) is 0. The number of benzene rings is 7. The van der Waals surface area contributed by atoms with E-state index in [1.54, 1.807) is 0 Å². The van der Waals surface area contributed by atoms with Crippen molar-refractivity contribution in [3.63, 3.8) is 0 Å². The fourth-order valence-corrected chi connectivity index (χ4v) is 6.90. The standard InChI is InChI=1S/C43H30/c1-5-17-30(18-6-1)38-39(31-19-7-2-8-20-31)41(33-23-11-4-12-24-33)43-37-28-16-14-26-35(37)29-34-25-13-15-27-36(34)42(43)40(38)32-21-9-3-10-22-32/h1-28H,29H2. The highest BCUT2D eigenvalue weighted by Crippen LogP contribution is 2.57. The summed E-state index contributed by atoms with van der Waals surface area (Å²) in [4.78, 5) is 0. The van der Waals surface area contributed by atoms with E-state index in [9.17, 15) is 0 Å². The van der Waals surface area contributed by atoms with Crippen molar-refractivity contribution in [2.24, 2.45) is 0 Å². The van der Waals surface area contributed by atoms with Gasteiger partial charge in [-0.2, -0.15) is 0 Å². The molecule has 0 unspecified atom stereocenters. The second-order valence-corrected chi connectivity index (χ2v) is 11.2. The predicted molar refractivity (Wildman–Crippen MR) is 182 cm³/mol. The summed E-state index contributed by atoms with van der Waals surface area (Å²) in [6, 6.07) is 62.0. The van der Waals surface area contributed by atoms with E-state index in [1.807, 2.05) is 0 Å². The van der Waals surface area contributed by atoms with Crippen LogP contribution >= 0.6 is 0 Å². The van der Waals surface area contributed by atoms with Crippen molar-refractivity contribution < 1.29 is 0 Å². The van der Waals surface area contributed by atoms with Crippen LogP contribution in [0.5, 0.6) is 0 Å². The first-order valence-electron chi connectivity index (χ1n) is 15.0. The van der Waals surface area contributed by atoms with Gasteiger partial charge in [0.1, 0.15) is 0 Å². The lowest BCUT2D eigenvalue weighted by Gasteiger charge is -2.28. The molecule has 8 rings (SSSR count). The average Bonchev–Trinajstić information content (AvgIpc) is 3.23. The van der Waals surface area contributed by atoms with Gasteiger partial charge in [0, 0.05) is 0 Å². The monoisotopic (exact) mass is 546 g/mol. The SMILES string of the molecule is c1ccc(-c2c(-c3ccccc3)c(-c3ccccc3)c3c(c2-c2ccccc2)-c2ccccc2Cc2ccccc2-3)cc1. The van der Waals surface area contributed by atoms with Crippen LogP contribution in [-0.4, -0.2) is 0 Å². The molecule has 0 heteroatoms. The van der Waals surface area contributed by atoms with Crippen molar-refractivity contribution in [2.45, 2.75) is 6.42 Å². The van der Waals surface area contributed by atoms with E-state index in [0.717, 1.165) is 6.42 Å². The number of hydrogen-bond acceptors (Lipinski definition) is 0. The Morgan fingerprint density at radius 3 is 0.814 bits per heavy atom. The molecule has 0 fully saturated rings. The maximum atomic E-state index is 2.33. The zero-order valence-corrected chi connectivity index (χ0v) is 23.9. The number of rotatable bonds is 4. The van der Waals surface area contributed by atoms with E-state index >= 15 is 0 Å². The Hall–Kier alpha value is -5.46. The van der Waals surface area contributed by atoms with Gasteiger partial charge in [0.15, 0.2) is 0 Å². The van der Waals surface area contributed by atoms with E-state index < -0.39 is 0 Å². The summed E-state index contributed by atoms with van der Waals surface area (Å²) < 4.78 is 0. The molecule has 7 aromatic carbocycles. The second kappa shape index (κ2) is 10.7. The van der Waals surface area contributed by atoms with Crippen LogP contribution in [0.25, 0.3) is 66.8 Å². The molecule has 0 heterocycles. The van der Waals surface area contributed by atoms with Crippen LogP contribution in [0.1, 0.15) is 11.1 Å². The molecule has 43 heavy (non-hydrogen) atoms. The van der Waals surface area contributed by atoms with Crippen molar-refractivity contribution in [1.82, 2.24) is 0 Å². The van der Waals surface area contributed by atoms with Crippen LogP contribution in [-0.2, 0) is 6.42 Å². The van der Waals surface area contributed by atoms with E-state index in [-0.39, 0.29) is 0 Å². The molecule has 1 aliphatic carbocycles. The van der Waals surface area contributed by atoms with Crippen molar-refractivity contribution in [2.75, 3.05) is 0 Å². The molecule has 0 nitrogen and oxygen atoms in total. The Labute approximate surface area is 253 Å². The minimum absolute atomic E-state index is 0.894. The first kappa shape index (κ1) is 25.3. The minimum atomic E-state index is 0.894. The van der Waals surface area contributed by atoms with Gasteiger partial charge in [-0.25, -0.2) is 0 Å². The third kappa shape index (κ3) is 4.31. The summed E-state index contributed by atoms with van der Waals surface area (Å²) in [7, 11) is 0. The van der Waals surface area contributed by atoms with Gasteiger partial charge in [0.05, 0.1) is 0 Å². The normalized spacial score (nSPS) is 11.6. The summed E-state index contributed by atoms with van der Waals surface area (Å²) in [5.41, 5.74) is 17.9. The molecule has 0 aliphatic heterocycles. The predicted octanol–water partition coefficient (Wildman–Crippen LogP) is 11.6. The van der Waals surface area contributed by atoms with E-state index in [2.05, 4.69) is 170 Å². The van der Waals surface area contributed by atoms with Gasteiger partial charge in [-0.15, -0.1) is 0 Å². The smallest absolute Gasteiger partial charge is 0.00109 e. The van der Waals surface area contributed by atoms with Gasteiger partial charge in [-0.1, -0.05) is 170 Å². The van der Waals surface area contributed by atoms with Crippen molar-refractivity contribution >= 4 is 0 Å². The number of hydrogen-bond donors (Lipinski definition) is 0. The highest BCUT2D eigenvalue weighted by atomic mass is 14.3. The van der Waals surface area contributed by atoms with Crippen LogP contribution in [0.2, 0.25) is 0 Å². The van der Waals surface area contributed by atoms with Crippen LogP contribution in [0.4, 0.5) is 0 Å². The third-order valence-electron chi connectivity index (χ3n) is 8.70. The van der Waals surface area contributed by atoms with Crippen LogP contribution in [0.15, 0.2) is 170 Å². The Bertz CT molecular complexity index is 1900. The lowest BCUT2D eigenvalue weighted by molar-refractivity contribution is 1.21. The summed E-state index contributed by atoms with van der Waals surface area (Å²) in [5, 5.41) is 0. The fraction of sp³-hybridized carbons (Fsp3) is 0.0233. The molecule has 0 amide bonds.